The predicted octanol–water partition coefficient (Wildman–Crippen LogP) is 1.22. The van der Waals surface area contributed by atoms with E-state index in [2.05, 4.69) is 6.58 Å². The Hall–Kier alpha value is -1.70. The van der Waals surface area contributed by atoms with Crippen molar-refractivity contribution in [2.75, 3.05) is 0 Å². The Kier molecular flexibility index (Phi) is 4.69. The maximum atomic E-state index is 10.5. The summed E-state index contributed by atoms with van der Waals surface area (Å²) in [7, 11) is -4.02. The first-order valence-electron chi connectivity index (χ1n) is 5.80. The fourth-order valence-corrected chi connectivity index (χ4v) is 2.03. The monoisotopic (exact) mass is 299 g/mol. The SMILES string of the molecule is C=CC1CC1(N)C(=O)O.Cc1ccc(S(=O)(=O)O)cc1. The molecule has 0 bridgehead atoms. The Morgan fingerprint density at radius 3 is 2.20 bits per heavy atom. The molecule has 0 aliphatic heterocycles. The van der Waals surface area contributed by atoms with E-state index in [1.807, 2.05) is 6.92 Å². The molecule has 1 fully saturated rings. The van der Waals surface area contributed by atoms with Gasteiger partial charge in [0.15, 0.2) is 0 Å². The largest absolute Gasteiger partial charge is 0.480 e. The van der Waals surface area contributed by atoms with Gasteiger partial charge in [-0.1, -0.05) is 23.8 Å². The van der Waals surface area contributed by atoms with Crippen molar-refractivity contribution in [3.05, 3.63) is 42.5 Å². The number of rotatable bonds is 3. The molecule has 0 spiro atoms. The number of nitrogens with two attached hydrogens (primary N) is 1. The summed E-state index contributed by atoms with van der Waals surface area (Å²) in [6.07, 6.45) is 2.12. The molecule has 1 aliphatic rings. The normalized spacial score (nSPS) is 24.2. The summed E-state index contributed by atoms with van der Waals surface area (Å²) >= 11 is 0. The first-order chi connectivity index (χ1) is 9.11. The van der Waals surface area contributed by atoms with Crippen molar-refractivity contribution in [1.29, 1.82) is 0 Å². The summed E-state index contributed by atoms with van der Waals surface area (Å²) in [5, 5.41) is 8.44. The van der Waals surface area contributed by atoms with Crippen molar-refractivity contribution in [3.8, 4) is 0 Å². The lowest BCUT2D eigenvalue weighted by atomic mass is 10.2. The smallest absolute Gasteiger partial charge is 0.324 e. The van der Waals surface area contributed by atoms with Crippen LogP contribution in [0.1, 0.15) is 12.0 Å². The van der Waals surface area contributed by atoms with Crippen LogP contribution in [0.3, 0.4) is 0 Å². The number of carbonyl (C=O) groups is 1. The molecule has 6 nitrogen and oxygen atoms in total. The van der Waals surface area contributed by atoms with E-state index in [0.29, 0.717) is 6.42 Å². The summed E-state index contributed by atoms with van der Waals surface area (Å²) in [6.45, 7) is 5.30. The summed E-state index contributed by atoms with van der Waals surface area (Å²) in [5.41, 5.74) is 5.34. The van der Waals surface area contributed by atoms with Crippen molar-refractivity contribution in [2.45, 2.75) is 23.8 Å². The van der Waals surface area contributed by atoms with E-state index < -0.39 is 21.6 Å². The van der Waals surface area contributed by atoms with Crippen LogP contribution in [0.2, 0.25) is 0 Å². The van der Waals surface area contributed by atoms with Crippen LogP contribution in [0.25, 0.3) is 0 Å². The highest BCUT2D eigenvalue weighted by atomic mass is 32.2. The van der Waals surface area contributed by atoms with Crippen LogP contribution in [0.5, 0.6) is 0 Å². The van der Waals surface area contributed by atoms with Gasteiger partial charge in [-0.25, -0.2) is 0 Å². The lowest BCUT2D eigenvalue weighted by Gasteiger charge is -1.99. The number of hydrogen-bond donors (Lipinski definition) is 3. The Morgan fingerprint density at radius 1 is 1.45 bits per heavy atom. The molecule has 2 atom stereocenters. The summed E-state index contributed by atoms with van der Waals surface area (Å²) in [6, 6.07) is 5.99. The minimum absolute atomic E-state index is 0.0185. The van der Waals surface area contributed by atoms with Gasteiger partial charge in [-0.2, -0.15) is 8.42 Å². The molecule has 1 saturated carbocycles. The molecular weight excluding hydrogens is 282 g/mol. The Balaban J connectivity index is 0.000000204. The van der Waals surface area contributed by atoms with Crippen molar-refractivity contribution < 1.29 is 22.9 Å². The molecule has 1 aliphatic carbocycles. The van der Waals surface area contributed by atoms with E-state index in [1.165, 1.54) is 12.1 Å². The summed E-state index contributed by atoms with van der Waals surface area (Å²) in [5.74, 6) is -0.942. The van der Waals surface area contributed by atoms with Gasteiger partial charge in [0.25, 0.3) is 10.1 Å². The number of aryl methyl sites for hydroxylation is 1. The third-order valence-corrected chi connectivity index (χ3v) is 3.93. The van der Waals surface area contributed by atoms with Gasteiger partial charge in [0.05, 0.1) is 4.90 Å². The van der Waals surface area contributed by atoms with Crippen LogP contribution < -0.4 is 5.73 Å². The molecule has 0 aromatic heterocycles. The molecule has 1 aromatic rings. The zero-order valence-corrected chi connectivity index (χ0v) is 11.8. The molecule has 7 heteroatoms. The third-order valence-electron chi connectivity index (χ3n) is 3.06. The Bertz CT molecular complexity index is 608. The zero-order chi connectivity index (χ0) is 15.6. The molecule has 0 heterocycles. The second-order valence-corrected chi connectivity index (χ2v) is 6.10. The minimum Gasteiger partial charge on any atom is -0.480 e. The van der Waals surface area contributed by atoms with E-state index in [-0.39, 0.29) is 10.8 Å². The highest BCUT2D eigenvalue weighted by Gasteiger charge is 2.55. The standard InChI is InChI=1S/C7H8O3S.C6H9NO2/c1-6-2-4-7(5-3-6)11(8,9)10;1-2-4-3-6(4,7)5(8)9/h2-5H,1H3,(H,8,9,10);2,4H,1,3,7H2,(H,8,9). The topological polar surface area (TPSA) is 118 Å². The van der Waals surface area contributed by atoms with Gasteiger partial charge in [0.2, 0.25) is 0 Å². The molecule has 2 unspecified atom stereocenters. The third kappa shape index (κ3) is 3.89. The fraction of sp³-hybridized carbons (Fsp3) is 0.308. The van der Waals surface area contributed by atoms with Crippen LogP contribution >= 0.6 is 0 Å². The molecule has 2 rings (SSSR count). The average molecular weight is 299 g/mol. The van der Waals surface area contributed by atoms with E-state index >= 15 is 0 Å². The molecule has 1 aromatic carbocycles. The maximum Gasteiger partial charge on any atom is 0.324 e. The molecule has 4 N–H and O–H groups in total. The minimum atomic E-state index is -4.02. The number of carboxylic acid groups (broad SMARTS) is 1. The summed E-state index contributed by atoms with van der Waals surface area (Å²) < 4.78 is 29.6. The van der Waals surface area contributed by atoms with Crippen molar-refractivity contribution in [2.24, 2.45) is 11.7 Å². The van der Waals surface area contributed by atoms with Crippen LogP contribution in [-0.2, 0) is 14.9 Å². The van der Waals surface area contributed by atoms with Crippen molar-refractivity contribution in [3.63, 3.8) is 0 Å². The molecule has 0 saturated heterocycles. The average Bonchev–Trinajstić information content (AvgIpc) is 3.02. The van der Waals surface area contributed by atoms with E-state index in [0.717, 1.165) is 5.56 Å². The second-order valence-electron chi connectivity index (χ2n) is 4.68. The quantitative estimate of drug-likeness (QED) is 0.570. The van der Waals surface area contributed by atoms with Crippen molar-refractivity contribution >= 4 is 16.1 Å². The van der Waals surface area contributed by atoms with Crippen LogP contribution in [-0.4, -0.2) is 29.6 Å². The van der Waals surface area contributed by atoms with Gasteiger partial charge >= 0.3 is 5.97 Å². The van der Waals surface area contributed by atoms with Gasteiger partial charge in [-0.05, 0) is 25.5 Å². The van der Waals surface area contributed by atoms with Gasteiger partial charge in [-0.3, -0.25) is 9.35 Å². The lowest BCUT2D eigenvalue weighted by molar-refractivity contribution is -0.139. The molecule has 0 amide bonds. The fourth-order valence-electron chi connectivity index (χ4n) is 1.55. The van der Waals surface area contributed by atoms with Crippen molar-refractivity contribution in [1.82, 2.24) is 0 Å². The second kappa shape index (κ2) is 5.74. The molecule has 110 valence electrons. The molecular formula is C13H17NO5S. The van der Waals surface area contributed by atoms with Gasteiger partial charge in [0.1, 0.15) is 5.54 Å². The number of hydrogen-bond acceptors (Lipinski definition) is 4. The van der Waals surface area contributed by atoms with Crippen LogP contribution in [0.4, 0.5) is 0 Å². The first kappa shape index (κ1) is 16.4. The van der Waals surface area contributed by atoms with Gasteiger partial charge in [0, 0.05) is 5.92 Å². The Morgan fingerprint density at radius 2 is 1.95 bits per heavy atom. The number of benzene rings is 1. The lowest BCUT2D eigenvalue weighted by Crippen LogP contribution is -2.34. The van der Waals surface area contributed by atoms with E-state index in [1.54, 1.807) is 18.2 Å². The van der Waals surface area contributed by atoms with E-state index in [9.17, 15) is 13.2 Å². The Labute approximate surface area is 117 Å². The van der Waals surface area contributed by atoms with Gasteiger partial charge < -0.3 is 10.8 Å². The van der Waals surface area contributed by atoms with Gasteiger partial charge in [-0.15, -0.1) is 6.58 Å². The highest BCUT2D eigenvalue weighted by molar-refractivity contribution is 7.85. The maximum absolute atomic E-state index is 10.5. The van der Waals surface area contributed by atoms with Crippen LogP contribution in [0.15, 0.2) is 41.8 Å². The zero-order valence-electron chi connectivity index (χ0n) is 11.0. The predicted molar refractivity (Wildman–Crippen MR) is 73.9 cm³/mol. The number of aliphatic carboxylic acids is 1. The first-order valence-corrected chi connectivity index (χ1v) is 7.24. The molecule has 0 radical (unpaired) electrons. The van der Waals surface area contributed by atoms with Crippen LogP contribution in [0, 0.1) is 12.8 Å². The summed E-state index contributed by atoms with van der Waals surface area (Å²) in [4.78, 5) is 10.2. The molecule has 20 heavy (non-hydrogen) atoms. The highest BCUT2D eigenvalue weighted by Crippen LogP contribution is 2.41. The number of carboxylic acids is 1. The van der Waals surface area contributed by atoms with E-state index in [4.69, 9.17) is 15.4 Å².